The van der Waals surface area contributed by atoms with Crippen molar-refractivity contribution >= 4 is 27.5 Å². The summed E-state index contributed by atoms with van der Waals surface area (Å²) in [5.74, 6) is -0.304. The zero-order valence-electron chi connectivity index (χ0n) is 11.9. The summed E-state index contributed by atoms with van der Waals surface area (Å²) >= 11 is 9.65. The molecule has 0 heterocycles. The molecule has 0 aliphatic carbocycles. The maximum atomic E-state index is 13.2. The fraction of sp³-hybridized carbons (Fsp3) is 0.294. The lowest BCUT2D eigenvalue weighted by Gasteiger charge is -2.20. The van der Waals surface area contributed by atoms with Gasteiger partial charge >= 0.3 is 0 Å². The molecule has 2 aromatic carbocycles. The lowest BCUT2D eigenvalue weighted by Crippen LogP contribution is -2.24. The van der Waals surface area contributed by atoms with Gasteiger partial charge in [-0.15, -0.1) is 0 Å². The summed E-state index contributed by atoms with van der Waals surface area (Å²) in [4.78, 5) is 0. The molecule has 2 aromatic rings. The van der Waals surface area contributed by atoms with Crippen molar-refractivity contribution in [2.45, 2.75) is 25.8 Å². The van der Waals surface area contributed by atoms with Gasteiger partial charge in [0, 0.05) is 15.5 Å². The molecule has 1 nitrogen and oxygen atoms in total. The fourth-order valence-electron chi connectivity index (χ4n) is 2.25. The average Bonchev–Trinajstić information content (AvgIpc) is 2.46. The Labute approximate surface area is 138 Å². The summed E-state index contributed by atoms with van der Waals surface area (Å²) < 4.78 is 14.3. The monoisotopic (exact) mass is 369 g/mol. The molecule has 0 saturated carbocycles. The molecule has 0 radical (unpaired) electrons. The van der Waals surface area contributed by atoms with Gasteiger partial charge in [0.1, 0.15) is 5.82 Å². The van der Waals surface area contributed by atoms with E-state index in [0.29, 0.717) is 5.02 Å². The van der Waals surface area contributed by atoms with Gasteiger partial charge < -0.3 is 5.32 Å². The largest absolute Gasteiger partial charge is 0.310 e. The second-order valence-electron chi connectivity index (χ2n) is 5.00. The molecule has 112 valence electrons. The van der Waals surface area contributed by atoms with Crippen molar-refractivity contribution in [2.75, 3.05) is 6.54 Å². The van der Waals surface area contributed by atoms with Crippen LogP contribution in [0.15, 0.2) is 46.9 Å². The van der Waals surface area contributed by atoms with E-state index in [0.717, 1.165) is 29.4 Å². The highest BCUT2D eigenvalue weighted by Gasteiger charge is 2.15. The third kappa shape index (κ3) is 4.80. The first-order valence-electron chi connectivity index (χ1n) is 7.03. The van der Waals surface area contributed by atoms with E-state index in [-0.39, 0.29) is 11.9 Å². The Morgan fingerprint density at radius 3 is 2.52 bits per heavy atom. The molecule has 0 bridgehead atoms. The lowest BCUT2D eigenvalue weighted by atomic mass is 9.98. The van der Waals surface area contributed by atoms with Gasteiger partial charge in [-0.05, 0) is 54.8 Å². The third-order valence-corrected chi connectivity index (χ3v) is 4.19. The fourth-order valence-corrected chi connectivity index (χ4v) is 2.81. The second-order valence-corrected chi connectivity index (χ2v) is 6.33. The maximum Gasteiger partial charge on any atom is 0.124 e. The Kier molecular flexibility index (Phi) is 6.22. The van der Waals surface area contributed by atoms with Gasteiger partial charge in [0.25, 0.3) is 0 Å². The van der Waals surface area contributed by atoms with Crippen molar-refractivity contribution in [1.82, 2.24) is 5.32 Å². The standard InChI is InChI=1S/C17H18BrClFN/c1-2-9-21-17(10-12-3-5-13(18)6-4-12)15-8-7-14(20)11-16(15)19/h3-8,11,17,21H,2,9-10H2,1H3. The zero-order chi connectivity index (χ0) is 15.2. The number of halogens is 3. The topological polar surface area (TPSA) is 12.0 Å². The van der Waals surface area contributed by atoms with Crippen molar-refractivity contribution in [2.24, 2.45) is 0 Å². The average molecular weight is 371 g/mol. The van der Waals surface area contributed by atoms with Crippen LogP contribution in [0.2, 0.25) is 5.02 Å². The molecule has 1 unspecified atom stereocenters. The van der Waals surface area contributed by atoms with Gasteiger partial charge in [-0.2, -0.15) is 0 Å². The van der Waals surface area contributed by atoms with E-state index in [4.69, 9.17) is 11.6 Å². The molecule has 2 rings (SSSR count). The van der Waals surface area contributed by atoms with Crippen LogP contribution in [0.1, 0.15) is 30.5 Å². The van der Waals surface area contributed by atoms with Crippen LogP contribution in [0.3, 0.4) is 0 Å². The van der Waals surface area contributed by atoms with Crippen molar-refractivity contribution in [3.8, 4) is 0 Å². The molecule has 0 amide bonds. The van der Waals surface area contributed by atoms with E-state index < -0.39 is 0 Å². The van der Waals surface area contributed by atoms with Gasteiger partial charge in [0.2, 0.25) is 0 Å². The molecule has 0 aliphatic heterocycles. The Balaban J connectivity index is 2.22. The first kappa shape index (κ1) is 16.5. The molecule has 0 saturated heterocycles. The molecule has 1 atom stereocenters. The van der Waals surface area contributed by atoms with Crippen LogP contribution in [0.4, 0.5) is 4.39 Å². The van der Waals surface area contributed by atoms with Crippen molar-refractivity contribution < 1.29 is 4.39 Å². The molecular formula is C17H18BrClFN. The summed E-state index contributed by atoms with van der Waals surface area (Å²) in [7, 11) is 0. The molecule has 0 fully saturated rings. The molecule has 1 N–H and O–H groups in total. The van der Waals surface area contributed by atoms with Crippen molar-refractivity contribution in [3.63, 3.8) is 0 Å². The van der Waals surface area contributed by atoms with Crippen LogP contribution in [0.5, 0.6) is 0 Å². The third-order valence-electron chi connectivity index (χ3n) is 3.33. The van der Waals surface area contributed by atoms with Gasteiger partial charge in [-0.3, -0.25) is 0 Å². The predicted octanol–water partition coefficient (Wildman–Crippen LogP) is 5.53. The number of rotatable bonds is 6. The normalized spacial score (nSPS) is 12.4. The highest BCUT2D eigenvalue weighted by Crippen LogP contribution is 2.27. The van der Waals surface area contributed by atoms with Gasteiger partial charge in [-0.1, -0.05) is 52.7 Å². The minimum Gasteiger partial charge on any atom is -0.310 e. The van der Waals surface area contributed by atoms with E-state index in [9.17, 15) is 4.39 Å². The van der Waals surface area contributed by atoms with E-state index in [2.05, 4.69) is 40.3 Å². The molecule has 21 heavy (non-hydrogen) atoms. The predicted molar refractivity (Wildman–Crippen MR) is 90.3 cm³/mol. The van der Waals surface area contributed by atoms with Crippen molar-refractivity contribution in [3.05, 3.63) is 68.9 Å². The minimum atomic E-state index is -0.304. The highest BCUT2D eigenvalue weighted by molar-refractivity contribution is 9.10. The molecule has 0 aliphatic rings. The summed E-state index contributed by atoms with van der Waals surface area (Å²) in [6.07, 6.45) is 1.86. The van der Waals surface area contributed by atoms with Crippen molar-refractivity contribution in [1.29, 1.82) is 0 Å². The first-order valence-corrected chi connectivity index (χ1v) is 8.20. The Hall–Kier alpha value is -0.900. The molecule has 4 heteroatoms. The van der Waals surface area contributed by atoms with E-state index >= 15 is 0 Å². The summed E-state index contributed by atoms with van der Waals surface area (Å²) in [6, 6.07) is 12.9. The smallest absolute Gasteiger partial charge is 0.124 e. The van der Waals surface area contributed by atoms with Crippen LogP contribution in [-0.4, -0.2) is 6.54 Å². The van der Waals surface area contributed by atoms with Crippen LogP contribution < -0.4 is 5.32 Å². The quantitative estimate of drug-likeness (QED) is 0.705. The van der Waals surface area contributed by atoms with E-state index in [1.54, 1.807) is 6.07 Å². The minimum absolute atomic E-state index is 0.0826. The molecule has 0 aromatic heterocycles. The van der Waals surface area contributed by atoms with Crippen LogP contribution >= 0.6 is 27.5 Å². The lowest BCUT2D eigenvalue weighted by molar-refractivity contribution is 0.528. The summed E-state index contributed by atoms with van der Waals surface area (Å²) in [5, 5.41) is 3.96. The zero-order valence-corrected chi connectivity index (χ0v) is 14.2. The SMILES string of the molecule is CCCNC(Cc1ccc(Br)cc1)c1ccc(F)cc1Cl. The number of hydrogen-bond donors (Lipinski definition) is 1. The summed E-state index contributed by atoms with van der Waals surface area (Å²) in [5.41, 5.74) is 2.15. The van der Waals surface area contributed by atoms with Crippen LogP contribution in [-0.2, 0) is 6.42 Å². The van der Waals surface area contributed by atoms with E-state index in [1.807, 2.05) is 12.1 Å². The van der Waals surface area contributed by atoms with Gasteiger partial charge in [0.15, 0.2) is 0 Å². The van der Waals surface area contributed by atoms with Crippen LogP contribution in [0, 0.1) is 5.82 Å². The number of benzene rings is 2. The summed E-state index contributed by atoms with van der Waals surface area (Å²) in [6.45, 7) is 3.02. The van der Waals surface area contributed by atoms with E-state index in [1.165, 1.54) is 17.7 Å². The highest BCUT2D eigenvalue weighted by atomic mass is 79.9. The van der Waals surface area contributed by atoms with Crippen LogP contribution in [0.25, 0.3) is 0 Å². The Morgan fingerprint density at radius 1 is 1.19 bits per heavy atom. The van der Waals surface area contributed by atoms with Gasteiger partial charge in [-0.25, -0.2) is 4.39 Å². The second kappa shape index (κ2) is 7.92. The Morgan fingerprint density at radius 2 is 1.90 bits per heavy atom. The first-order chi connectivity index (χ1) is 10.1. The molecule has 0 spiro atoms. The van der Waals surface area contributed by atoms with Gasteiger partial charge in [0.05, 0.1) is 0 Å². The number of hydrogen-bond acceptors (Lipinski definition) is 1. The maximum absolute atomic E-state index is 13.2. The Bertz CT molecular complexity index is 586. The molecular weight excluding hydrogens is 353 g/mol. The number of nitrogens with one attached hydrogen (secondary N) is 1.